The van der Waals surface area contributed by atoms with Crippen molar-refractivity contribution in [3.63, 3.8) is 0 Å². The van der Waals surface area contributed by atoms with Gasteiger partial charge >= 0.3 is 6.18 Å². The van der Waals surface area contributed by atoms with Crippen LogP contribution in [0.4, 0.5) is 17.6 Å². The molecule has 1 unspecified atom stereocenters. The lowest BCUT2D eigenvalue weighted by Crippen LogP contribution is -2.31. The summed E-state index contributed by atoms with van der Waals surface area (Å²) in [7, 11) is 5.57. The average molecular weight is 608 g/mol. The van der Waals surface area contributed by atoms with Gasteiger partial charge in [-0.2, -0.15) is 18.3 Å². The first-order chi connectivity index (χ1) is 20.8. The topological polar surface area (TPSA) is 71.3 Å². The van der Waals surface area contributed by atoms with Crippen LogP contribution in [0, 0.1) is 5.82 Å². The standard InChI is InChI=1S/C33H33F4N5O2/c1-20-14-25-18-28(32(44)41(4)13-5-12-40(2)3)39-42(25)31(23-8-9-26(27(34)17-23)33(35,36)37)30(20)29(43)16-21-6-7-24-19-38-11-10-22(24)15-21/h6-11,15,17-19,31H,5,12-14,16H2,1-4H3. The number of alkyl halides is 3. The Hall–Kier alpha value is -4.38. The van der Waals surface area contributed by atoms with E-state index in [4.69, 9.17) is 0 Å². The second-order valence-electron chi connectivity index (χ2n) is 11.5. The summed E-state index contributed by atoms with van der Waals surface area (Å²) < 4.78 is 56.6. The zero-order valence-electron chi connectivity index (χ0n) is 25.0. The van der Waals surface area contributed by atoms with Crippen molar-refractivity contribution in [1.82, 2.24) is 24.6 Å². The number of carbonyl (C=O) groups excluding carboxylic acids is 2. The molecule has 0 fully saturated rings. The van der Waals surface area contributed by atoms with Gasteiger partial charge in [0.15, 0.2) is 11.5 Å². The normalized spacial score (nSPS) is 15.2. The number of benzene rings is 2. The number of nitrogens with zero attached hydrogens (tertiary/aromatic N) is 5. The number of allylic oxidation sites excluding steroid dienone is 2. The van der Waals surface area contributed by atoms with E-state index < -0.39 is 23.6 Å². The molecule has 5 rings (SSSR count). The van der Waals surface area contributed by atoms with Gasteiger partial charge in [-0.25, -0.2) is 4.39 Å². The van der Waals surface area contributed by atoms with Crippen molar-refractivity contribution in [2.45, 2.75) is 38.4 Å². The number of carbonyl (C=O) groups is 2. The zero-order valence-corrected chi connectivity index (χ0v) is 25.0. The Morgan fingerprint density at radius 2 is 1.77 bits per heavy atom. The fourth-order valence-electron chi connectivity index (χ4n) is 5.69. The largest absolute Gasteiger partial charge is 0.419 e. The number of fused-ring (bicyclic) bond motifs is 2. The molecule has 4 aromatic rings. The summed E-state index contributed by atoms with van der Waals surface area (Å²) in [6, 6.07) is 10.7. The van der Waals surface area contributed by atoms with E-state index >= 15 is 0 Å². The lowest BCUT2D eigenvalue weighted by Gasteiger charge is -2.29. The lowest BCUT2D eigenvalue weighted by atomic mass is 9.85. The third-order valence-corrected chi connectivity index (χ3v) is 7.89. The summed E-state index contributed by atoms with van der Waals surface area (Å²) in [5.74, 6) is -2.03. The van der Waals surface area contributed by atoms with Gasteiger partial charge in [-0.1, -0.05) is 29.8 Å². The number of rotatable bonds is 9. The van der Waals surface area contributed by atoms with Gasteiger partial charge in [0.05, 0.1) is 5.56 Å². The maximum Gasteiger partial charge on any atom is 0.419 e. The molecule has 11 heteroatoms. The summed E-state index contributed by atoms with van der Waals surface area (Å²) in [6.07, 6.45) is -0.424. The highest BCUT2D eigenvalue weighted by atomic mass is 19.4. The highest BCUT2D eigenvalue weighted by Crippen LogP contribution is 2.39. The first-order valence-corrected chi connectivity index (χ1v) is 14.2. The number of aromatic nitrogens is 3. The van der Waals surface area contributed by atoms with E-state index in [1.807, 2.05) is 43.3 Å². The molecule has 0 N–H and O–H groups in total. The van der Waals surface area contributed by atoms with Crippen LogP contribution in [0.2, 0.25) is 0 Å². The van der Waals surface area contributed by atoms with Crippen molar-refractivity contribution < 1.29 is 27.2 Å². The number of pyridine rings is 1. The molecule has 2 aromatic carbocycles. The third kappa shape index (κ3) is 6.42. The summed E-state index contributed by atoms with van der Waals surface area (Å²) in [4.78, 5) is 35.0. The molecule has 230 valence electrons. The van der Waals surface area contributed by atoms with Crippen LogP contribution in [-0.4, -0.2) is 70.5 Å². The molecule has 0 saturated carbocycles. The van der Waals surface area contributed by atoms with Gasteiger partial charge in [0.1, 0.15) is 11.9 Å². The predicted octanol–water partition coefficient (Wildman–Crippen LogP) is 5.89. The molecule has 1 aliphatic heterocycles. The zero-order chi connectivity index (χ0) is 31.8. The molecule has 3 heterocycles. The molecular weight excluding hydrogens is 574 g/mol. The monoisotopic (exact) mass is 607 g/mol. The van der Waals surface area contributed by atoms with Crippen LogP contribution in [0.1, 0.15) is 52.3 Å². The van der Waals surface area contributed by atoms with Crippen LogP contribution in [0.5, 0.6) is 0 Å². The van der Waals surface area contributed by atoms with Crippen molar-refractivity contribution in [3.8, 4) is 0 Å². The fourth-order valence-corrected chi connectivity index (χ4v) is 5.69. The van der Waals surface area contributed by atoms with E-state index in [2.05, 4.69) is 10.1 Å². The molecule has 1 amide bonds. The average Bonchev–Trinajstić information content (AvgIpc) is 3.38. The van der Waals surface area contributed by atoms with Crippen molar-refractivity contribution in [2.24, 2.45) is 0 Å². The van der Waals surface area contributed by atoms with Crippen LogP contribution in [0.25, 0.3) is 10.8 Å². The number of amides is 1. The van der Waals surface area contributed by atoms with E-state index in [0.29, 0.717) is 35.9 Å². The number of halogens is 4. The van der Waals surface area contributed by atoms with Crippen molar-refractivity contribution >= 4 is 22.5 Å². The molecule has 44 heavy (non-hydrogen) atoms. The van der Waals surface area contributed by atoms with Crippen LogP contribution in [0.3, 0.4) is 0 Å². The van der Waals surface area contributed by atoms with Gasteiger partial charge in [0.2, 0.25) is 0 Å². The summed E-state index contributed by atoms with van der Waals surface area (Å²) in [5, 5.41) is 6.39. The fraction of sp³-hybridized carbons (Fsp3) is 0.333. The van der Waals surface area contributed by atoms with E-state index in [1.165, 1.54) is 10.7 Å². The predicted molar refractivity (Wildman–Crippen MR) is 159 cm³/mol. The van der Waals surface area contributed by atoms with Crippen LogP contribution in [-0.2, 0) is 23.8 Å². The minimum Gasteiger partial charge on any atom is -0.340 e. The summed E-state index contributed by atoms with van der Waals surface area (Å²) in [5.41, 5.74) is 1.22. The molecule has 0 spiro atoms. The SMILES string of the molecule is CC1=C(C(=O)Cc2ccc3cnccc3c2)C(c2ccc(C(F)(F)F)c(F)c2)n2nc(C(=O)N(C)CCCN(C)C)cc2C1. The van der Waals surface area contributed by atoms with Gasteiger partial charge in [-0.3, -0.25) is 19.3 Å². The van der Waals surface area contributed by atoms with Crippen LogP contribution < -0.4 is 0 Å². The number of ketones is 1. The molecule has 0 aliphatic carbocycles. The summed E-state index contributed by atoms with van der Waals surface area (Å²) >= 11 is 0. The highest BCUT2D eigenvalue weighted by molar-refractivity contribution is 6.00. The maximum atomic E-state index is 14.9. The second kappa shape index (κ2) is 12.3. The molecular formula is C33H33F4N5O2. The van der Waals surface area contributed by atoms with Crippen molar-refractivity contribution in [2.75, 3.05) is 34.2 Å². The maximum absolute atomic E-state index is 14.9. The Morgan fingerprint density at radius 3 is 2.48 bits per heavy atom. The Balaban J connectivity index is 1.53. The number of Topliss-reactive ketones (excluding diaryl/α,β-unsaturated/α-hetero) is 1. The second-order valence-corrected chi connectivity index (χ2v) is 11.5. The lowest BCUT2D eigenvalue weighted by molar-refractivity contribution is -0.140. The first-order valence-electron chi connectivity index (χ1n) is 14.2. The molecule has 7 nitrogen and oxygen atoms in total. The van der Waals surface area contributed by atoms with Crippen LogP contribution >= 0.6 is 0 Å². The van der Waals surface area contributed by atoms with Crippen molar-refractivity contribution in [1.29, 1.82) is 0 Å². The minimum absolute atomic E-state index is 0.0154. The highest BCUT2D eigenvalue weighted by Gasteiger charge is 2.37. The van der Waals surface area contributed by atoms with Gasteiger partial charge in [0, 0.05) is 55.5 Å². The van der Waals surface area contributed by atoms with E-state index in [-0.39, 0.29) is 29.4 Å². The van der Waals surface area contributed by atoms with E-state index in [9.17, 15) is 27.2 Å². The Labute approximate surface area is 252 Å². The Morgan fingerprint density at radius 1 is 1.00 bits per heavy atom. The van der Waals surface area contributed by atoms with Gasteiger partial charge in [0.25, 0.3) is 5.91 Å². The van der Waals surface area contributed by atoms with Crippen molar-refractivity contribution in [3.05, 3.63) is 106 Å². The number of hydrogen-bond acceptors (Lipinski definition) is 5. The van der Waals surface area contributed by atoms with Gasteiger partial charge in [-0.15, -0.1) is 0 Å². The number of hydrogen-bond donors (Lipinski definition) is 0. The molecule has 2 aromatic heterocycles. The molecule has 1 atom stereocenters. The molecule has 0 saturated heterocycles. The molecule has 0 radical (unpaired) electrons. The van der Waals surface area contributed by atoms with Crippen LogP contribution in [0.15, 0.2) is 72.1 Å². The van der Waals surface area contributed by atoms with Gasteiger partial charge < -0.3 is 9.80 Å². The Bertz CT molecular complexity index is 1760. The molecule has 1 aliphatic rings. The minimum atomic E-state index is -4.88. The quantitative estimate of drug-likeness (QED) is 0.222. The van der Waals surface area contributed by atoms with E-state index in [0.717, 1.165) is 35.4 Å². The summed E-state index contributed by atoms with van der Waals surface area (Å²) in [6.45, 7) is 3.06. The van der Waals surface area contributed by atoms with Gasteiger partial charge in [-0.05, 0) is 74.8 Å². The first kappa shape index (κ1) is 31.1. The molecule has 0 bridgehead atoms. The van der Waals surface area contributed by atoms with E-state index in [1.54, 1.807) is 37.3 Å². The smallest absolute Gasteiger partial charge is 0.340 e. The third-order valence-electron chi connectivity index (χ3n) is 7.89. The Kier molecular flexibility index (Phi) is 8.69.